The molecule has 2 nitrogen and oxygen atoms in total. The van der Waals surface area contributed by atoms with E-state index in [9.17, 15) is 0 Å². The summed E-state index contributed by atoms with van der Waals surface area (Å²) in [6.07, 6.45) is 4.00. The Morgan fingerprint density at radius 3 is 2.80 bits per heavy atom. The van der Waals surface area contributed by atoms with Crippen LogP contribution in [0.15, 0.2) is 0 Å². The molecule has 0 unspecified atom stereocenters. The number of rotatable bonds is 0. The first-order valence-corrected chi connectivity index (χ1v) is 4.18. The van der Waals surface area contributed by atoms with Gasteiger partial charge in [-0.05, 0) is 18.8 Å². The first-order chi connectivity index (χ1) is 4.89. The van der Waals surface area contributed by atoms with Crippen LogP contribution in [0.5, 0.6) is 0 Å². The molecule has 54 valence electrons. The third-order valence-electron chi connectivity index (χ3n) is 3.78. The fraction of sp³-hybridized carbons (Fsp3) is 1.00. The van der Waals surface area contributed by atoms with Gasteiger partial charge in [-0.15, -0.1) is 0 Å². The van der Waals surface area contributed by atoms with Crippen LogP contribution < -0.4 is 0 Å². The second-order valence-electron chi connectivity index (χ2n) is 4.23. The maximum Gasteiger partial charge on any atom is 0.0973 e. The van der Waals surface area contributed by atoms with E-state index < -0.39 is 0 Å². The smallest absolute Gasteiger partial charge is 0.0973 e. The van der Waals surface area contributed by atoms with Crippen molar-refractivity contribution in [3.8, 4) is 0 Å². The molecule has 0 aromatic carbocycles. The number of epoxide rings is 2. The zero-order valence-electron chi connectivity index (χ0n) is 5.75. The number of hydrogen-bond donors (Lipinski definition) is 0. The van der Waals surface area contributed by atoms with Gasteiger partial charge in [-0.1, -0.05) is 0 Å². The van der Waals surface area contributed by atoms with Crippen molar-refractivity contribution in [3.63, 3.8) is 0 Å². The van der Waals surface area contributed by atoms with E-state index in [1.54, 1.807) is 0 Å². The first-order valence-electron chi connectivity index (χ1n) is 4.18. The van der Waals surface area contributed by atoms with E-state index in [0.29, 0.717) is 17.8 Å². The van der Waals surface area contributed by atoms with E-state index in [-0.39, 0.29) is 0 Å². The maximum atomic E-state index is 5.54. The van der Waals surface area contributed by atoms with Crippen LogP contribution in [0.3, 0.4) is 0 Å². The van der Waals surface area contributed by atoms with Crippen LogP contribution in [0, 0.1) is 11.8 Å². The summed E-state index contributed by atoms with van der Waals surface area (Å²) >= 11 is 0. The molecule has 2 saturated heterocycles. The van der Waals surface area contributed by atoms with Gasteiger partial charge in [0.1, 0.15) is 0 Å². The van der Waals surface area contributed by atoms with Gasteiger partial charge in [-0.3, -0.25) is 0 Å². The number of fused-ring (bicyclic) bond motifs is 6. The molecule has 2 bridgehead atoms. The monoisotopic (exact) mass is 138 g/mol. The summed E-state index contributed by atoms with van der Waals surface area (Å²) in [6.45, 7) is 1.03. The molecular weight excluding hydrogens is 128 g/mol. The van der Waals surface area contributed by atoms with E-state index in [0.717, 1.165) is 18.4 Å². The predicted molar refractivity (Wildman–Crippen MR) is 33.6 cm³/mol. The van der Waals surface area contributed by atoms with Gasteiger partial charge in [0.05, 0.1) is 24.4 Å². The molecule has 2 aliphatic heterocycles. The topological polar surface area (TPSA) is 25.1 Å². The highest BCUT2D eigenvalue weighted by molar-refractivity contribution is 5.21. The molecule has 2 aliphatic carbocycles. The van der Waals surface area contributed by atoms with Crippen LogP contribution in [0.1, 0.15) is 12.8 Å². The molecule has 0 radical (unpaired) electrons. The van der Waals surface area contributed by atoms with E-state index in [4.69, 9.17) is 9.47 Å². The van der Waals surface area contributed by atoms with Crippen LogP contribution in [0.4, 0.5) is 0 Å². The quantitative estimate of drug-likeness (QED) is 0.457. The zero-order chi connectivity index (χ0) is 6.34. The van der Waals surface area contributed by atoms with E-state index >= 15 is 0 Å². The molecule has 4 fully saturated rings. The van der Waals surface area contributed by atoms with Gasteiger partial charge in [0.2, 0.25) is 0 Å². The minimum Gasteiger partial charge on any atom is -0.369 e. The van der Waals surface area contributed by atoms with Gasteiger partial charge in [-0.25, -0.2) is 0 Å². The number of hydrogen-bond acceptors (Lipinski definition) is 2. The van der Waals surface area contributed by atoms with E-state index in [1.165, 1.54) is 12.8 Å². The second kappa shape index (κ2) is 1.07. The average Bonchev–Trinajstić information content (AvgIpc) is 2.77. The van der Waals surface area contributed by atoms with E-state index in [1.807, 2.05) is 0 Å². The summed E-state index contributed by atoms with van der Waals surface area (Å²) in [5.41, 5.74) is 0.350. The molecule has 0 aromatic rings. The third kappa shape index (κ3) is 0.330. The van der Waals surface area contributed by atoms with Crippen LogP contribution >= 0.6 is 0 Å². The molecule has 10 heavy (non-hydrogen) atoms. The molecule has 4 rings (SSSR count). The molecule has 4 aliphatic rings. The molecule has 0 amide bonds. The van der Waals surface area contributed by atoms with Crippen molar-refractivity contribution in [1.29, 1.82) is 0 Å². The molecule has 1 spiro atoms. The summed E-state index contributed by atoms with van der Waals surface area (Å²) < 4.78 is 11.0. The summed E-state index contributed by atoms with van der Waals surface area (Å²) in [7, 11) is 0. The predicted octanol–water partition coefficient (Wildman–Crippen LogP) is 0.563. The highest BCUT2D eigenvalue weighted by atomic mass is 16.6. The van der Waals surface area contributed by atoms with Crippen molar-refractivity contribution in [1.82, 2.24) is 0 Å². The van der Waals surface area contributed by atoms with Crippen molar-refractivity contribution in [3.05, 3.63) is 0 Å². The lowest BCUT2D eigenvalue weighted by molar-refractivity contribution is 0.206. The van der Waals surface area contributed by atoms with Gasteiger partial charge in [0.15, 0.2) is 0 Å². The van der Waals surface area contributed by atoms with E-state index in [2.05, 4.69) is 0 Å². The summed E-state index contributed by atoms with van der Waals surface area (Å²) in [6, 6.07) is 0. The maximum absolute atomic E-state index is 5.54. The Hall–Kier alpha value is -0.0800. The van der Waals surface area contributed by atoms with Gasteiger partial charge in [-0.2, -0.15) is 0 Å². The molecule has 2 heterocycles. The number of ether oxygens (including phenoxy) is 2. The van der Waals surface area contributed by atoms with Gasteiger partial charge in [0.25, 0.3) is 0 Å². The lowest BCUT2D eigenvalue weighted by Crippen LogP contribution is -2.25. The summed E-state index contributed by atoms with van der Waals surface area (Å²) in [4.78, 5) is 0. The second-order valence-corrected chi connectivity index (χ2v) is 4.23. The lowest BCUT2D eigenvalue weighted by Gasteiger charge is -2.12. The van der Waals surface area contributed by atoms with Crippen LogP contribution in [-0.2, 0) is 9.47 Å². The fourth-order valence-corrected chi connectivity index (χ4v) is 3.17. The SMILES string of the molecule is C1[C@@H]2C[C@@]3(CO3)[C@@H]1[C@H]1O[C@H]21. The highest BCUT2D eigenvalue weighted by Crippen LogP contribution is 2.65. The molecule has 0 N–H and O–H groups in total. The zero-order valence-corrected chi connectivity index (χ0v) is 5.75. The minimum absolute atomic E-state index is 0.350. The van der Waals surface area contributed by atoms with Crippen molar-refractivity contribution >= 4 is 0 Å². The van der Waals surface area contributed by atoms with Crippen molar-refractivity contribution in [2.24, 2.45) is 11.8 Å². The Bertz CT molecular complexity index is 209. The Morgan fingerprint density at radius 1 is 1.30 bits per heavy atom. The largest absolute Gasteiger partial charge is 0.369 e. The molecule has 2 heteroatoms. The minimum atomic E-state index is 0.350. The average molecular weight is 138 g/mol. The van der Waals surface area contributed by atoms with Gasteiger partial charge in [0, 0.05) is 5.92 Å². The Labute approximate surface area is 59.5 Å². The lowest BCUT2D eigenvalue weighted by atomic mass is 9.89. The van der Waals surface area contributed by atoms with Crippen molar-refractivity contribution in [2.75, 3.05) is 6.61 Å². The third-order valence-corrected chi connectivity index (χ3v) is 3.78. The first kappa shape index (κ1) is 4.73. The Morgan fingerprint density at radius 2 is 2.20 bits per heavy atom. The molecule has 2 saturated carbocycles. The Kier molecular flexibility index (Phi) is 0.504. The van der Waals surface area contributed by atoms with Gasteiger partial charge < -0.3 is 9.47 Å². The van der Waals surface area contributed by atoms with Crippen LogP contribution in [-0.4, -0.2) is 24.4 Å². The fourth-order valence-electron chi connectivity index (χ4n) is 3.17. The van der Waals surface area contributed by atoms with Crippen molar-refractivity contribution in [2.45, 2.75) is 30.7 Å². The standard InChI is InChI=1S/C8H10O2/c1-4-2-8(3-9-8)5(1)7-6(4)10-7/h4-7H,1-3H2/t4-,5+,6-,7-,8-/m1/s1. The van der Waals surface area contributed by atoms with Crippen molar-refractivity contribution < 1.29 is 9.47 Å². The normalized spacial score (nSPS) is 74.4. The molecule has 5 atom stereocenters. The molecular formula is C8H10O2. The van der Waals surface area contributed by atoms with Gasteiger partial charge >= 0.3 is 0 Å². The van der Waals surface area contributed by atoms with Crippen LogP contribution in [0.2, 0.25) is 0 Å². The van der Waals surface area contributed by atoms with Crippen LogP contribution in [0.25, 0.3) is 0 Å². The highest BCUT2D eigenvalue weighted by Gasteiger charge is 2.73. The Balaban J connectivity index is 1.84. The summed E-state index contributed by atoms with van der Waals surface area (Å²) in [5, 5.41) is 0. The molecule has 0 aromatic heterocycles. The summed E-state index contributed by atoms with van der Waals surface area (Å²) in [5.74, 6) is 1.67.